The summed E-state index contributed by atoms with van der Waals surface area (Å²) in [5.41, 5.74) is 2.08. The second-order valence-electron chi connectivity index (χ2n) is 4.44. The van der Waals surface area contributed by atoms with Gasteiger partial charge in [-0.3, -0.25) is 0 Å². The number of rotatable bonds is 4. The molecule has 0 N–H and O–H groups in total. The zero-order valence-electron chi connectivity index (χ0n) is 10.5. The Hall–Kier alpha value is -0.280. The van der Waals surface area contributed by atoms with Crippen molar-refractivity contribution in [1.29, 1.82) is 0 Å². The normalized spacial score (nSPS) is 11.5. The number of aromatic nitrogens is 2. The van der Waals surface area contributed by atoms with Crippen molar-refractivity contribution in [2.75, 3.05) is 0 Å². The zero-order valence-corrected chi connectivity index (χ0v) is 12.1. The molecule has 0 bridgehead atoms. The molecule has 0 amide bonds. The van der Waals surface area contributed by atoms with E-state index in [0.29, 0.717) is 16.3 Å². The highest BCUT2D eigenvalue weighted by Crippen LogP contribution is 2.26. The molecule has 0 aliphatic rings. The van der Waals surface area contributed by atoms with Gasteiger partial charge < -0.3 is 0 Å². The molecule has 90 valence electrons. The lowest BCUT2D eigenvalue weighted by Gasteiger charge is -2.12. The first-order valence-electron chi connectivity index (χ1n) is 5.56. The standard InChI is InChI=1S/C12H19ClN2S/c1-7(2)11-9(5)14-10(15-12(11)13)6-16-8(3)4/h7-8H,6H2,1-5H3. The van der Waals surface area contributed by atoms with E-state index in [0.717, 1.165) is 22.8 Å². The van der Waals surface area contributed by atoms with Crippen LogP contribution in [-0.4, -0.2) is 15.2 Å². The second kappa shape index (κ2) is 5.87. The maximum absolute atomic E-state index is 6.18. The molecule has 16 heavy (non-hydrogen) atoms. The molecule has 0 radical (unpaired) electrons. The number of nitrogens with zero attached hydrogens (tertiary/aromatic N) is 2. The summed E-state index contributed by atoms with van der Waals surface area (Å²) in [6.45, 7) is 10.6. The Morgan fingerprint density at radius 3 is 2.25 bits per heavy atom. The number of aryl methyl sites for hydroxylation is 1. The highest BCUT2D eigenvalue weighted by atomic mass is 35.5. The van der Waals surface area contributed by atoms with Gasteiger partial charge >= 0.3 is 0 Å². The molecule has 1 heterocycles. The lowest BCUT2D eigenvalue weighted by atomic mass is 10.0. The van der Waals surface area contributed by atoms with Crippen molar-refractivity contribution in [3.63, 3.8) is 0 Å². The summed E-state index contributed by atoms with van der Waals surface area (Å²) in [5.74, 6) is 2.04. The molecular weight excluding hydrogens is 240 g/mol. The SMILES string of the molecule is Cc1nc(CSC(C)C)nc(Cl)c1C(C)C. The van der Waals surface area contributed by atoms with Crippen LogP contribution in [0.4, 0.5) is 0 Å². The fourth-order valence-corrected chi connectivity index (χ4v) is 2.63. The number of hydrogen-bond acceptors (Lipinski definition) is 3. The zero-order chi connectivity index (χ0) is 12.3. The Labute approximate surface area is 107 Å². The van der Waals surface area contributed by atoms with Crippen LogP contribution in [0.15, 0.2) is 0 Å². The van der Waals surface area contributed by atoms with Crippen molar-refractivity contribution >= 4 is 23.4 Å². The van der Waals surface area contributed by atoms with Crippen LogP contribution in [0.1, 0.15) is 50.7 Å². The third-order valence-electron chi connectivity index (χ3n) is 2.26. The van der Waals surface area contributed by atoms with Crippen LogP contribution < -0.4 is 0 Å². The fraction of sp³-hybridized carbons (Fsp3) is 0.667. The van der Waals surface area contributed by atoms with Gasteiger partial charge in [0.15, 0.2) is 0 Å². The Kier molecular flexibility index (Phi) is 5.06. The Bertz CT molecular complexity index is 341. The predicted octanol–water partition coefficient (Wildman–Crippen LogP) is 4.20. The molecule has 1 aromatic rings. The first-order chi connectivity index (χ1) is 7.41. The second-order valence-corrected chi connectivity index (χ2v) is 6.37. The van der Waals surface area contributed by atoms with E-state index in [4.69, 9.17) is 11.6 Å². The van der Waals surface area contributed by atoms with Gasteiger partial charge in [0.1, 0.15) is 11.0 Å². The average Bonchev–Trinajstić information content (AvgIpc) is 2.12. The van der Waals surface area contributed by atoms with Crippen molar-refractivity contribution in [2.24, 2.45) is 0 Å². The third kappa shape index (κ3) is 3.63. The van der Waals surface area contributed by atoms with E-state index in [-0.39, 0.29) is 0 Å². The Morgan fingerprint density at radius 1 is 1.19 bits per heavy atom. The van der Waals surface area contributed by atoms with Crippen LogP contribution >= 0.6 is 23.4 Å². The molecule has 0 saturated heterocycles. The van der Waals surface area contributed by atoms with Crippen LogP contribution in [0.2, 0.25) is 5.15 Å². The quantitative estimate of drug-likeness (QED) is 0.757. The van der Waals surface area contributed by atoms with E-state index in [9.17, 15) is 0 Å². The van der Waals surface area contributed by atoms with Crippen molar-refractivity contribution in [1.82, 2.24) is 9.97 Å². The lowest BCUT2D eigenvalue weighted by Crippen LogP contribution is -2.04. The van der Waals surface area contributed by atoms with Crippen molar-refractivity contribution in [3.05, 3.63) is 22.2 Å². The van der Waals surface area contributed by atoms with E-state index in [1.165, 1.54) is 0 Å². The van der Waals surface area contributed by atoms with Crippen LogP contribution in [-0.2, 0) is 5.75 Å². The summed E-state index contributed by atoms with van der Waals surface area (Å²) >= 11 is 8.02. The van der Waals surface area contributed by atoms with Crippen LogP contribution in [0.3, 0.4) is 0 Å². The largest absolute Gasteiger partial charge is 0.237 e. The van der Waals surface area contributed by atoms with Gasteiger partial charge in [-0.05, 0) is 18.1 Å². The Balaban J connectivity index is 2.92. The van der Waals surface area contributed by atoms with E-state index in [1.807, 2.05) is 18.7 Å². The average molecular weight is 259 g/mol. The minimum absolute atomic E-state index is 0.374. The molecule has 1 aromatic heterocycles. The fourth-order valence-electron chi connectivity index (χ4n) is 1.56. The summed E-state index contributed by atoms with van der Waals surface area (Å²) in [6, 6.07) is 0. The van der Waals surface area contributed by atoms with E-state index < -0.39 is 0 Å². The van der Waals surface area contributed by atoms with Gasteiger partial charge in [0.25, 0.3) is 0 Å². The summed E-state index contributed by atoms with van der Waals surface area (Å²) < 4.78 is 0. The molecule has 4 heteroatoms. The summed E-state index contributed by atoms with van der Waals surface area (Å²) in [4.78, 5) is 8.87. The molecule has 0 aliphatic carbocycles. The maximum atomic E-state index is 6.18. The van der Waals surface area contributed by atoms with Gasteiger partial charge in [-0.15, -0.1) is 0 Å². The smallest absolute Gasteiger partial charge is 0.140 e. The molecule has 0 saturated carbocycles. The number of halogens is 1. The number of hydrogen-bond donors (Lipinski definition) is 0. The van der Waals surface area contributed by atoms with Crippen molar-refractivity contribution in [3.8, 4) is 0 Å². The molecule has 0 fully saturated rings. The number of thioether (sulfide) groups is 1. The van der Waals surface area contributed by atoms with Crippen LogP contribution in [0.25, 0.3) is 0 Å². The third-order valence-corrected chi connectivity index (χ3v) is 3.64. The molecule has 1 rings (SSSR count). The predicted molar refractivity (Wildman–Crippen MR) is 72.3 cm³/mol. The van der Waals surface area contributed by atoms with E-state index in [2.05, 4.69) is 37.7 Å². The highest BCUT2D eigenvalue weighted by molar-refractivity contribution is 7.99. The molecular formula is C12H19ClN2S. The van der Waals surface area contributed by atoms with Crippen LogP contribution in [0, 0.1) is 6.92 Å². The molecule has 0 spiro atoms. The van der Waals surface area contributed by atoms with Gasteiger partial charge in [0, 0.05) is 11.3 Å². The van der Waals surface area contributed by atoms with Gasteiger partial charge in [-0.2, -0.15) is 11.8 Å². The van der Waals surface area contributed by atoms with Gasteiger partial charge in [0.05, 0.1) is 5.75 Å². The molecule has 0 aromatic carbocycles. The van der Waals surface area contributed by atoms with Gasteiger partial charge in [0.2, 0.25) is 0 Å². The Morgan fingerprint density at radius 2 is 1.81 bits per heavy atom. The molecule has 0 unspecified atom stereocenters. The first-order valence-corrected chi connectivity index (χ1v) is 6.99. The lowest BCUT2D eigenvalue weighted by molar-refractivity contribution is 0.817. The first kappa shape index (κ1) is 13.8. The van der Waals surface area contributed by atoms with E-state index >= 15 is 0 Å². The van der Waals surface area contributed by atoms with Crippen molar-refractivity contribution in [2.45, 2.75) is 51.5 Å². The minimum atomic E-state index is 0.374. The molecule has 0 atom stereocenters. The summed E-state index contributed by atoms with van der Waals surface area (Å²) in [7, 11) is 0. The van der Waals surface area contributed by atoms with Gasteiger partial charge in [-0.25, -0.2) is 9.97 Å². The summed E-state index contributed by atoms with van der Waals surface area (Å²) in [6.07, 6.45) is 0. The van der Waals surface area contributed by atoms with E-state index in [1.54, 1.807) is 0 Å². The van der Waals surface area contributed by atoms with Crippen molar-refractivity contribution < 1.29 is 0 Å². The van der Waals surface area contributed by atoms with Gasteiger partial charge in [-0.1, -0.05) is 39.3 Å². The van der Waals surface area contributed by atoms with Crippen LogP contribution in [0.5, 0.6) is 0 Å². The summed E-state index contributed by atoms with van der Waals surface area (Å²) in [5, 5.41) is 1.20. The molecule has 2 nitrogen and oxygen atoms in total. The highest BCUT2D eigenvalue weighted by Gasteiger charge is 2.13. The maximum Gasteiger partial charge on any atom is 0.140 e. The monoisotopic (exact) mass is 258 g/mol. The molecule has 0 aliphatic heterocycles. The topological polar surface area (TPSA) is 25.8 Å². The minimum Gasteiger partial charge on any atom is -0.237 e.